The van der Waals surface area contributed by atoms with E-state index in [1.165, 1.54) is 0 Å². The van der Waals surface area contributed by atoms with E-state index in [9.17, 15) is 4.79 Å². The second kappa shape index (κ2) is 7.15. The smallest absolute Gasteiger partial charge is 0.255 e. The van der Waals surface area contributed by atoms with Crippen molar-refractivity contribution in [1.29, 1.82) is 0 Å². The van der Waals surface area contributed by atoms with Gasteiger partial charge in [0.1, 0.15) is 5.75 Å². The average Bonchev–Trinajstić information content (AvgIpc) is 2.60. The zero-order valence-corrected chi connectivity index (χ0v) is 13.7. The molecule has 3 aromatic rings. The lowest BCUT2D eigenvalue weighted by Crippen LogP contribution is -2.11. The summed E-state index contributed by atoms with van der Waals surface area (Å²) in [5.41, 5.74) is 2.12. The maximum atomic E-state index is 12.1. The molecule has 0 atom stereocenters. The van der Waals surface area contributed by atoms with Crippen molar-refractivity contribution in [2.75, 3.05) is 5.32 Å². The van der Waals surface area contributed by atoms with Crippen molar-refractivity contribution in [2.24, 2.45) is 0 Å². The van der Waals surface area contributed by atoms with Gasteiger partial charge in [-0.05, 0) is 48.9 Å². The molecule has 0 saturated heterocycles. The number of aryl methyl sites for hydroxylation is 1. The monoisotopic (exact) mass is 338 g/mol. The molecule has 0 unspecified atom stereocenters. The molecule has 1 amide bonds. The first kappa shape index (κ1) is 16.0. The number of hydrogen-bond acceptors (Lipinski definition) is 3. The Morgan fingerprint density at radius 2 is 1.88 bits per heavy atom. The minimum atomic E-state index is -0.181. The summed E-state index contributed by atoms with van der Waals surface area (Å²) >= 11 is 5.93. The first-order valence-corrected chi connectivity index (χ1v) is 7.76. The van der Waals surface area contributed by atoms with Crippen LogP contribution in [0.1, 0.15) is 15.9 Å². The van der Waals surface area contributed by atoms with Crippen molar-refractivity contribution in [3.05, 3.63) is 83.0 Å². The minimum Gasteiger partial charge on any atom is -0.439 e. The lowest BCUT2D eigenvalue weighted by molar-refractivity contribution is 0.102. The van der Waals surface area contributed by atoms with Crippen molar-refractivity contribution in [3.63, 3.8) is 0 Å². The molecule has 0 aliphatic carbocycles. The molecule has 24 heavy (non-hydrogen) atoms. The highest BCUT2D eigenvalue weighted by molar-refractivity contribution is 6.30. The fraction of sp³-hybridized carbons (Fsp3) is 0.0526. The first-order chi connectivity index (χ1) is 11.6. The molecule has 120 valence electrons. The van der Waals surface area contributed by atoms with Crippen molar-refractivity contribution < 1.29 is 9.53 Å². The van der Waals surface area contributed by atoms with Gasteiger partial charge in [-0.3, -0.25) is 4.79 Å². The van der Waals surface area contributed by atoms with E-state index in [-0.39, 0.29) is 5.91 Å². The Morgan fingerprint density at radius 1 is 1.08 bits per heavy atom. The van der Waals surface area contributed by atoms with Gasteiger partial charge in [0.25, 0.3) is 5.91 Å². The maximum absolute atomic E-state index is 12.1. The Kier molecular flexibility index (Phi) is 4.77. The van der Waals surface area contributed by atoms with Crippen molar-refractivity contribution >= 4 is 23.2 Å². The summed E-state index contributed by atoms with van der Waals surface area (Å²) in [5, 5.41) is 3.45. The van der Waals surface area contributed by atoms with E-state index >= 15 is 0 Å². The Hall–Kier alpha value is -2.85. The number of rotatable bonds is 4. The fourth-order valence-electron chi connectivity index (χ4n) is 2.15. The molecular weight excluding hydrogens is 324 g/mol. The average molecular weight is 339 g/mol. The minimum absolute atomic E-state index is 0.181. The van der Waals surface area contributed by atoms with Gasteiger partial charge < -0.3 is 10.1 Å². The number of benzene rings is 2. The molecule has 1 aromatic heterocycles. The predicted molar refractivity (Wildman–Crippen MR) is 94.9 cm³/mol. The van der Waals surface area contributed by atoms with Crippen LogP contribution in [0.3, 0.4) is 0 Å². The quantitative estimate of drug-likeness (QED) is 0.721. The second-order valence-corrected chi connectivity index (χ2v) is 5.65. The molecule has 0 radical (unpaired) electrons. The van der Waals surface area contributed by atoms with Crippen LogP contribution in [0.25, 0.3) is 0 Å². The van der Waals surface area contributed by atoms with Crippen LogP contribution in [0, 0.1) is 6.92 Å². The molecule has 5 heteroatoms. The van der Waals surface area contributed by atoms with Crippen LogP contribution in [0.15, 0.2) is 66.9 Å². The van der Waals surface area contributed by atoms with Gasteiger partial charge in [-0.15, -0.1) is 0 Å². The van der Waals surface area contributed by atoms with E-state index in [1.54, 1.807) is 42.6 Å². The molecule has 0 aliphatic heterocycles. The molecule has 4 nitrogen and oxygen atoms in total. The normalized spacial score (nSPS) is 10.2. The number of pyridine rings is 1. The number of nitrogens with zero attached hydrogens (tertiary/aromatic N) is 1. The molecule has 2 aromatic carbocycles. The number of halogens is 1. The number of aromatic nitrogens is 1. The van der Waals surface area contributed by atoms with E-state index in [0.717, 1.165) is 5.56 Å². The number of amides is 1. The Labute approximate surface area is 145 Å². The van der Waals surface area contributed by atoms with Gasteiger partial charge in [-0.1, -0.05) is 29.8 Å². The summed E-state index contributed by atoms with van der Waals surface area (Å²) in [6.07, 6.45) is 1.56. The third kappa shape index (κ3) is 3.91. The molecule has 3 rings (SSSR count). The lowest BCUT2D eigenvalue weighted by atomic mass is 10.2. The van der Waals surface area contributed by atoms with Gasteiger partial charge in [0.15, 0.2) is 0 Å². The van der Waals surface area contributed by atoms with E-state index in [1.807, 2.05) is 31.2 Å². The van der Waals surface area contributed by atoms with Crippen LogP contribution in [0.2, 0.25) is 5.02 Å². The van der Waals surface area contributed by atoms with Crippen LogP contribution >= 0.6 is 11.6 Å². The first-order valence-electron chi connectivity index (χ1n) is 7.38. The van der Waals surface area contributed by atoms with Crippen molar-refractivity contribution in [1.82, 2.24) is 4.98 Å². The highest BCUT2D eigenvalue weighted by Gasteiger charge is 2.07. The molecule has 1 N–H and O–H groups in total. The predicted octanol–water partition coefficient (Wildman–Crippen LogP) is 5.09. The van der Waals surface area contributed by atoms with Gasteiger partial charge >= 0.3 is 0 Å². The SMILES string of the molecule is Cc1cc(Cl)ccc1Oc1ccc(NC(=O)c2ccccc2)cn1. The van der Waals surface area contributed by atoms with Gasteiger partial charge in [-0.25, -0.2) is 4.98 Å². The third-order valence-electron chi connectivity index (χ3n) is 3.38. The third-order valence-corrected chi connectivity index (χ3v) is 3.62. The Morgan fingerprint density at radius 3 is 2.54 bits per heavy atom. The number of anilines is 1. The Bertz CT molecular complexity index is 849. The summed E-state index contributed by atoms with van der Waals surface area (Å²) in [6.45, 7) is 1.91. The number of hydrogen-bond donors (Lipinski definition) is 1. The number of carbonyl (C=O) groups excluding carboxylic acids is 1. The van der Waals surface area contributed by atoms with E-state index < -0.39 is 0 Å². The van der Waals surface area contributed by atoms with Gasteiger partial charge in [0.2, 0.25) is 5.88 Å². The van der Waals surface area contributed by atoms with Crippen LogP contribution < -0.4 is 10.1 Å². The van der Waals surface area contributed by atoms with E-state index in [2.05, 4.69) is 10.3 Å². The van der Waals surface area contributed by atoms with Crippen LogP contribution in [0.5, 0.6) is 11.6 Å². The van der Waals surface area contributed by atoms with E-state index in [4.69, 9.17) is 16.3 Å². The highest BCUT2D eigenvalue weighted by Crippen LogP contribution is 2.26. The number of carbonyl (C=O) groups is 1. The molecule has 1 heterocycles. The molecule has 0 saturated carbocycles. The fourth-order valence-corrected chi connectivity index (χ4v) is 2.37. The van der Waals surface area contributed by atoms with Crippen LogP contribution in [0.4, 0.5) is 5.69 Å². The maximum Gasteiger partial charge on any atom is 0.255 e. The Balaban J connectivity index is 1.68. The van der Waals surface area contributed by atoms with Gasteiger partial charge in [0.05, 0.1) is 11.9 Å². The van der Waals surface area contributed by atoms with Gasteiger partial charge in [0, 0.05) is 16.7 Å². The largest absolute Gasteiger partial charge is 0.439 e. The molecule has 0 bridgehead atoms. The van der Waals surface area contributed by atoms with Gasteiger partial charge in [-0.2, -0.15) is 0 Å². The standard InChI is InChI=1S/C19H15ClN2O2/c1-13-11-15(20)7-9-17(13)24-18-10-8-16(12-21-18)22-19(23)14-5-3-2-4-6-14/h2-12H,1H3,(H,22,23). The van der Waals surface area contributed by atoms with Crippen molar-refractivity contribution in [3.8, 4) is 11.6 Å². The summed E-state index contributed by atoms with van der Waals surface area (Å²) in [6, 6.07) is 17.8. The lowest BCUT2D eigenvalue weighted by Gasteiger charge is -2.09. The van der Waals surface area contributed by atoms with Crippen LogP contribution in [-0.2, 0) is 0 Å². The number of ether oxygens (including phenoxy) is 1. The molecule has 0 aliphatic rings. The van der Waals surface area contributed by atoms with Crippen molar-refractivity contribution in [2.45, 2.75) is 6.92 Å². The second-order valence-electron chi connectivity index (χ2n) is 5.22. The molecular formula is C19H15ClN2O2. The zero-order chi connectivity index (χ0) is 16.9. The number of nitrogens with one attached hydrogen (secondary N) is 1. The van der Waals surface area contributed by atoms with E-state index in [0.29, 0.717) is 27.9 Å². The summed E-state index contributed by atoms with van der Waals surface area (Å²) in [7, 11) is 0. The summed E-state index contributed by atoms with van der Waals surface area (Å²) in [4.78, 5) is 16.3. The van der Waals surface area contributed by atoms with Crippen LogP contribution in [-0.4, -0.2) is 10.9 Å². The molecule has 0 fully saturated rings. The topological polar surface area (TPSA) is 51.2 Å². The zero-order valence-electron chi connectivity index (χ0n) is 13.0. The summed E-state index contributed by atoms with van der Waals surface area (Å²) < 4.78 is 5.73. The summed E-state index contributed by atoms with van der Waals surface area (Å²) in [5.74, 6) is 0.950. The highest BCUT2D eigenvalue weighted by atomic mass is 35.5. The molecule has 0 spiro atoms.